The van der Waals surface area contributed by atoms with Crippen molar-refractivity contribution in [3.8, 4) is 0 Å². The van der Waals surface area contributed by atoms with Gasteiger partial charge in [0.05, 0.1) is 0 Å². The number of alkyl halides is 6. The zero-order valence-electron chi connectivity index (χ0n) is 12.5. The van der Waals surface area contributed by atoms with Gasteiger partial charge in [-0.3, -0.25) is 11.7 Å². The summed E-state index contributed by atoms with van der Waals surface area (Å²) in [5, 5.41) is 0. The molecule has 0 radical (unpaired) electrons. The van der Waals surface area contributed by atoms with Gasteiger partial charge in [0, 0.05) is 11.4 Å². The fourth-order valence-corrected chi connectivity index (χ4v) is 2.61. The van der Waals surface area contributed by atoms with Gasteiger partial charge in [-0.1, -0.05) is 24.3 Å². The molecule has 2 aromatic rings. The molecule has 0 aliphatic carbocycles. The molecule has 0 aromatic heterocycles. The van der Waals surface area contributed by atoms with Gasteiger partial charge in [0.25, 0.3) is 0 Å². The van der Waals surface area contributed by atoms with Crippen LogP contribution < -0.4 is 22.5 Å². The maximum absolute atomic E-state index is 13.8. The first-order chi connectivity index (χ1) is 11.6. The third-order valence-electron chi connectivity index (χ3n) is 3.82. The second kappa shape index (κ2) is 6.45. The second-order valence-electron chi connectivity index (χ2n) is 5.19. The van der Waals surface area contributed by atoms with Gasteiger partial charge < -0.3 is 10.9 Å². The number of hydrazine groups is 2. The standard InChI is InChI=1S/C15H14F6N4/c16-14(17,18)13(15(19,20)21,9-1-5-11(24-22)6-2-9)10-3-7-12(25-23)8-4-10/h1-8,24-25H,22-23H2. The molecule has 0 aliphatic heterocycles. The van der Waals surface area contributed by atoms with Crippen molar-refractivity contribution in [2.45, 2.75) is 17.8 Å². The Morgan fingerprint density at radius 2 is 0.840 bits per heavy atom. The van der Waals surface area contributed by atoms with Crippen LogP contribution in [0.15, 0.2) is 48.5 Å². The van der Waals surface area contributed by atoms with Crippen LogP contribution in [-0.2, 0) is 5.41 Å². The Morgan fingerprint density at radius 3 is 1.04 bits per heavy atom. The molecule has 0 spiro atoms. The SMILES string of the molecule is NNc1ccc(C(c2ccc(NN)cc2)(C(F)(F)F)C(F)(F)F)cc1. The number of nitrogens with two attached hydrogens (primary N) is 2. The van der Waals surface area contributed by atoms with E-state index in [9.17, 15) is 26.3 Å². The molecule has 0 atom stereocenters. The number of benzene rings is 2. The maximum Gasteiger partial charge on any atom is 0.411 e. The highest BCUT2D eigenvalue weighted by atomic mass is 19.4. The lowest BCUT2D eigenvalue weighted by molar-refractivity contribution is -0.288. The Morgan fingerprint density at radius 1 is 0.560 bits per heavy atom. The lowest BCUT2D eigenvalue weighted by Gasteiger charge is -2.38. The van der Waals surface area contributed by atoms with E-state index in [4.69, 9.17) is 11.7 Å². The van der Waals surface area contributed by atoms with Crippen molar-refractivity contribution < 1.29 is 26.3 Å². The van der Waals surface area contributed by atoms with Crippen molar-refractivity contribution in [1.29, 1.82) is 0 Å². The van der Waals surface area contributed by atoms with Gasteiger partial charge in [0.15, 0.2) is 0 Å². The summed E-state index contributed by atoms with van der Waals surface area (Å²) in [4.78, 5) is 0. The van der Waals surface area contributed by atoms with Crippen molar-refractivity contribution >= 4 is 11.4 Å². The van der Waals surface area contributed by atoms with Crippen LogP contribution in [0.2, 0.25) is 0 Å². The molecule has 0 fully saturated rings. The lowest BCUT2D eigenvalue weighted by Crippen LogP contribution is -2.54. The van der Waals surface area contributed by atoms with E-state index in [0.29, 0.717) is 0 Å². The van der Waals surface area contributed by atoms with Crippen LogP contribution in [0.25, 0.3) is 0 Å². The zero-order valence-corrected chi connectivity index (χ0v) is 12.5. The predicted molar refractivity (Wildman–Crippen MR) is 81.4 cm³/mol. The summed E-state index contributed by atoms with van der Waals surface area (Å²) in [5.41, 5.74) is -1.49. The van der Waals surface area contributed by atoms with Crippen LogP contribution in [0.3, 0.4) is 0 Å². The number of anilines is 2. The number of nitrogen functional groups attached to an aromatic ring is 2. The Bertz CT molecular complexity index is 643. The van der Waals surface area contributed by atoms with Gasteiger partial charge in [0.2, 0.25) is 5.41 Å². The molecule has 136 valence electrons. The molecule has 2 rings (SSSR count). The average Bonchev–Trinajstić information content (AvgIpc) is 2.54. The Balaban J connectivity index is 2.80. The van der Waals surface area contributed by atoms with E-state index in [2.05, 4.69) is 10.9 Å². The number of halogens is 6. The van der Waals surface area contributed by atoms with E-state index in [1.807, 2.05) is 0 Å². The minimum atomic E-state index is -5.64. The molecule has 0 unspecified atom stereocenters. The zero-order chi connectivity index (χ0) is 18.9. The van der Waals surface area contributed by atoms with Gasteiger partial charge in [-0.15, -0.1) is 0 Å². The van der Waals surface area contributed by atoms with Gasteiger partial charge in [0.1, 0.15) is 0 Å². The molecule has 0 heterocycles. The van der Waals surface area contributed by atoms with E-state index >= 15 is 0 Å². The molecule has 0 saturated carbocycles. The van der Waals surface area contributed by atoms with E-state index in [1.165, 1.54) is 0 Å². The second-order valence-corrected chi connectivity index (χ2v) is 5.19. The Hall–Kier alpha value is -2.46. The van der Waals surface area contributed by atoms with Crippen molar-refractivity contribution in [2.24, 2.45) is 11.7 Å². The minimum Gasteiger partial charge on any atom is -0.324 e. The number of hydrogen-bond acceptors (Lipinski definition) is 4. The minimum absolute atomic E-state index is 0.171. The summed E-state index contributed by atoms with van der Waals surface area (Å²) in [5.74, 6) is 10.2. The van der Waals surface area contributed by atoms with Crippen LogP contribution in [0.4, 0.5) is 37.7 Å². The van der Waals surface area contributed by atoms with Crippen molar-refractivity contribution in [1.82, 2.24) is 0 Å². The summed E-state index contributed by atoms with van der Waals surface area (Å²) >= 11 is 0. The van der Waals surface area contributed by atoms with Crippen molar-refractivity contribution in [3.63, 3.8) is 0 Å². The smallest absolute Gasteiger partial charge is 0.324 e. The van der Waals surface area contributed by atoms with Crippen LogP contribution in [0.1, 0.15) is 11.1 Å². The molecule has 0 saturated heterocycles. The first-order valence-electron chi connectivity index (χ1n) is 6.85. The van der Waals surface area contributed by atoms with Crippen molar-refractivity contribution in [2.75, 3.05) is 10.9 Å². The Labute approximate surface area is 138 Å². The van der Waals surface area contributed by atoms with Gasteiger partial charge in [-0.2, -0.15) is 26.3 Å². The fraction of sp³-hybridized carbons (Fsp3) is 0.200. The topological polar surface area (TPSA) is 76.1 Å². The number of nitrogens with one attached hydrogen (secondary N) is 2. The number of rotatable bonds is 4. The summed E-state index contributed by atoms with van der Waals surface area (Å²) < 4.78 is 82.8. The Kier molecular flexibility index (Phi) is 4.87. The van der Waals surface area contributed by atoms with E-state index in [0.717, 1.165) is 48.5 Å². The normalized spacial score (nSPS) is 12.8. The van der Waals surface area contributed by atoms with Gasteiger partial charge >= 0.3 is 12.4 Å². The third kappa shape index (κ3) is 3.10. The largest absolute Gasteiger partial charge is 0.411 e. The molecule has 6 N–H and O–H groups in total. The highest BCUT2D eigenvalue weighted by Crippen LogP contribution is 2.56. The first kappa shape index (κ1) is 18.9. The number of hydrogen-bond donors (Lipinski definition) is 4. The molecule has 0 aliphatic rings. The summed E-state index contributed by atoms with van der Waals surface area (Å²) in [6.07, 6.45) is -11.3. The summed E-state index contributed by atoms with van der Waals surface area (Å²) in [7, 11) is 0. The molecule has 4 nitrogen and oxygen atoms in total. The maximum atomic E-state index is 13.8. The van der Waals surface area contributed by atoms with Crippen LogP contribution in [-0.4, -0.2) is 12.4 Å². The first-order valence-corrected chi connectivity index (χ1v) is 6.85. The highest BCUT2D eigenvalue weighted by Gasteiger charge is 2.72. The third-order valence-corrected chi connectivity index (χ3v) is 3.82. The van der Waals surface area contributed by atoms with Crippen LogP contribution >= 0.6 is 0 Å². The van der Waals surface area contributed by atoms with E-state index < -0.39 is 28.9 Å². The monoisotopic (exact) mass is 364 g/mol. The van der Waals surface area contributed by atoms with Crippen molar-refractivity contribution in [3.05, 3.63) is 59.7 Å². The van der Waals surface area contributed by atoms with Gasteiger partial charge in [-0.25, -0.2) is 0 Å². The molecule has 10 heteroatoms. The molecule has 2 aromatic carbocycles. The molecule has 25 heavy (non-hydrogen) atoms. The van der Waals surface area contributed by atoms with E-state index in [1.54, 1.807) is 0 Å². The highest BCUT2D eigenvalue weighted by molar-refractivity contribution is 5.53. The van der Waals surface area contributed by atoms with Gasteiger partial charge in [-0.05, 0) is 35.4 Å². The molecule has 0 bridgehead atoms. The molecular weight excluding hydrogens is 350 g/mol. The molecule has 0 amide bonds. The lowest BCUT2D eigenvalue weighted by atomic mass is 9.73. The fourth-order valence-electron chi connectivity index (χ4n) is 2.61. The molecular formula is C15H14F6N4. The summed E-state index contributed by atoms with van der Waals surface area (Å²) in [6, 6.07) is 7.12. The van der Waals surface area contributed by atoms with Crippen LogP contribution in [0.5, 0.6) is 0 Å². The van der Waals surface area contributed by atoms with E-state index in [-0.39, 0.29) is 11.4 Å². The average molecular weight is 364 g/mol. The van der Waals surface area contributed by atoms with Crippen LogP contribution in [0, 0.1) is 0 Å². The predicted octanol–water partition coefficient (Wildman–Crippen LogP) is 3.67. The summed E-state index contributed by atoms with van der Waals surface area (Å²) in [6.45, 7) is 0. The quantitative estimate of drug-likeness (QED) is 0.379.